The smallest absolute Gasteiger partial charge is 0.240 e. The van der Waals surface area contributed by atoms with Crippen LogP contribution < -0.4 is 10.9 Å². The number of aliphatic hydroxyl groups excluding tert-OH is 1. The highest BCUT2D eigenvalue weighted by Crippen LogP contribution is 2.14. The van der Waals surface area contributed by atoms with Crippen LogP contribution in [0, 0.1) is 0 Å². The number of nitrogens with one attached hydrogen (secondary N) is 2. The van der Waals surface area contributed by atoms with Crippen molar-refractivity contribution < 1.29 is 9.90 Å². The second-order valence-electron chi connectivity index (χ2n) is 5.37. The fraction of sp³-hybridized carbons (Fsp3) is 0.167. The van der Waals surface area contributed by atoms with Gasteiger partial charge in [-0.25, -0.2) is 5.43 Å². The van der Waals surface area contributed by atoms with E-state index in [1.165, 1.54) is 0 Å². The van der Waals surface area contributed by atoms with Crippen molar-refractivity contribution in [3.05, 3.63) is 65.7 Å². The van der Waals surface area contributed by atoms with Crippen molar-refractivity contribution in [2.45, 2.75) is 12.8 Å². The molecule has 2 aromatic rings. The van der Waals surface area contributed by atoms with Crippen molar-refractivity contribution >= 4 is 23.0 Å². The first kappa shape index (κ1) is 15.9. The lowest BCUT2D eigenvalue weighted by Crippen LogP contribution is -2.25. The molecule has 6 nitrogen and oxygen atoms in total. The van der Waals surface area contributed by atoms with E-state index < -0.39 is 0 Å². The van der Waals surface area contributed by atoms with E-state index in [1.807, 2.05) is 54.6 Å². The van der Waals surface area contributed by atoms with E-state index in [0.717, 1.165) is 22.5 Å². The minimum absolute atomic E-state index is 0.0520. The Hall–Kier alpha value is -2.99. The van der Waals surface area contributed by atoms with Gasteiger partial charge >= 0.3 is 0 Å². The molecule has 1 aliphatic heterocycles. The quantitative estimate of drug-likeness (QED) is 0.582. The van der Waals surface area contributed by atoms with Gasteiger partial charge in [0.25, 0.3) is 0 Å². The van der Waals surface area contributed by atoms with Gasteiger partial charge in [0.2, 0.25) is 5.91 Å². The van der Waals surface area contributed by atoms with Gasteiger partial charge in [-0.3, -0.25) is 10.2 Å². The number of hydrazone groups is 2. The maximum Gasteiger partial charge on any atom is 0.240 e. The molecule has 0 radical (unpaired) electrons. The van der Waals surface area contributed by atoms with Gasteiger partial charge in [0, 0.05) is 18.4 Å². The van der Waals surface area contributed by atoms with Crippen LogP contribution in [0.1, 0.15) is 24.0 Å². The van der Waals surface area contributed by atoms with E-state index >= 15 is 0 Å². The first-order valence-electron chi connectivity index (χ1n) is 7.71. The summed E-state index contributed by atoms with van der Waals surface area (Å²) >= 11 is 0. The standard InChI is InChI=1S/C18H18N4O2/c23-12-17(13-4-2-1-3-5-13)21-19-15-8-6-14(7-9-15)16-10-11-18(24)22-20-16/h1-9,19,23H,10-12H2,(H,22,24). The number of hydrogen-bond donors (Lipinski definition) is 3. The summed E-state index contributed by atoms with van der Waals surface area (Å²) < 4.78 is 0. The summed E-state index contributed by atoms with van der Waals surface area (Å²) in [4.78, 5) is 11.1. The van der Waals surface area contributed by atoms with Gasteiger partial charge in [-0.15, -0.1) is 0 Å². The summed E-state index contributed by atoms with van der Waals surface area (Å²) in [7, 11) is 0. The van der Waals surface area contributed by atoms with Crippen molar-refractivity contribution in [2.24, 2.45) is 10.2 Å². The Balaban J connectivity index is 1.70. The highest BCUT2D eigenvalue weighted by Gasteiger charge is 2.12. The molecule has 0 spiro atoms. The maximum atomic E-state index is 11.1. The van der Waals surface area contributed by atoms with Crippen LogP contribution in [0.5, 0.6) is 0 Å². The van der Waals surface area contributed by atoms with E-state index in [-0.39, 0.29) is 12.5 Å². The molecule has 6 heteroatoms. The monoisotopic (exact) mass is 322 g/mol. The zero-order valence-electron chi connectivity index (χ0n) is 13.1. The molecule has 2 aromatic carbocycles. The predicted molar refractivity (Wildman–Crippen MR) is 94.0 cm³/mol. The molecule has 0 bridgehead atoms. The maximum absolute atomic E-state index is 11.1. The average Bonchev–Trinajstić information content (AvgIpc) is 2.64. The predicted octanol–water partition coefficient (Wildman–Crippen LogP) is 2.11. The molecular weight excluding hydrogens is 304 g/mol. The summed E-state index contributed by atoms with van der Waals surface area (Å²) in [6, 6.07) is 17.1. The van der Waals surface area contributed by atoms with Crippen LogP contribution in [0.3, 0.4) is 0 Å². The van der Waals surface area contributed by atoms with Crippen LogP contribution in [-0.2, 0) is 4.79 Å². The third-order valence-corrected chi connectivity index (χ3v) is 3.70. The molecule has 3 rings (SSSR count). The second kappa shape index (κ2) is 7.52. The summed E-state index contributed by atoms with van der Waals surface area (Å²) in [5.74, 6) is -0.0520. The average molecular weight is 322 g/mol. The largest absolute Gasteiger partial charge is 0.390 e. The number of benzene rings is 2. The molecule has 0 aliphatic carbocycles. The van der Waals surface area contributed by atoms with Gasteiger partial charge < -0.3 is 5.11 Å². The molecule has 1 amide bonds. The molecule has 1 heterocycles. The Kier molecular flexibility index (Phi) is 4.98. The number of carbonyl (C=O) groups excluding carboxylic acids is 1. The first-order chi connectivity index (χ1) is 11.8. The first-order valence-corrected chi connectivity index (χ1v) is 7.71. The number of carbonyl (C=O) groups is 1. The van der Waals surface area contributed by atoms with Crippen molar-refractivity contribution in [3.8, 4) is 0 Å². The lowest BCUT2D eigenvalue weighted by atomic mass is 10.0. The summed E-state index contributed by atoms with van der Waals surface area (Å²) in [6.07, 6.45) is 1.10. The molecule has 24 heavy (non-hydrogen) atoms. The Morgan fingerprint density at radius 2 is 1.88 bits per heavy atom. The Bertz CT molecular complexity index is 767. The number of rotatable bonds is 5. The van der Waals surface area contributed by atoms with Gasteiger partial charge in [0.1, 0.15) is 0 Å². The molecular formula is C18H18N4O2. The highest BCUT2D eigenvalue weighted by molar-refractivity contribution is 6.04. The molecule has 3 N–H and O–H groups in total. The topological polar surface area (TPSA) is 86.1 Å². The van der Waals surface area contributed by atoms with Crippen molar-refractivity contribution in [2.75, 3.05) is 12.0 Å². The van der Waals surface area contributed by atoms with Gasteiger partial charge in [-0.1, -0.05) is 42.5 Å². The van der Waals surface area contributed by atoms with Gasteiger partial charge in [0.15, 0.2) is 0 Å². The molecule has 0 saturated heterocycles. The molecule has 0 fully saturated rings. The number of hydrogen-bond acceptors (Lipinski definition) is 5. The summed E-state index contributed by atoms with van der Waals surface area (Å²) in [6.45, 7) is -0.147. The normalized spacial score (nSPS) is 14.8. The van der Waals surface area contributed by atoms with E-state index in [0.29, 0.717) is 18.6 Å². The zero-order chi connectivity index (χ0) is 16.8. The molecule has 0 unspecified atom stereocenters. The SMILES string of the molecule is O=C1CCC(c2ccc(NN=C(CO)c3ccccc3)cc2)=NN1. The van der Waals surface area contributed by atoms with Crippen LogP contribution in [0.15, 0.2) is 64.8 Å². The lowest BCUT2D eigenvalue weighted by molar-refractivity contribution is -0.121. The van der Waals surface area contributed by atoms with Crippen molar-refractivity contribution in [1.82, 2.24) is 5.43 Å². The molecule has 0 saturated carbocycles. The van der Waals surface area contributed by atoms with E-state index in [9.17, 15) is 9.90 Å². The van der Waals surface area contributed by atoms with Crippen LogP contribution >= 0.6 is 0 Å². The fourth-order valence-corrected chi connectivity index (χ4v) is 2.37. The zero-order valence-corrected chi connectivity index (χ0v) is 13.1. The minimum Gasteiger partial charge on any atom is -0.390 e. The number of anilines is 1. The van der Waals surface area contributed by atoms with E-state index in [4.69, 9.17) is 0 Å². The molecule has 0 atom stereocenters. The van der Waals surface area contributed by atoms with Crippen LogP contribution in [0.25, 0.3) is 0 Å². The van der Waals surface area contributed by atoms with Gasteiger partial charge in [0.05, 0.1) is 23.7 Å². The molecule has 0 aromatic heterocycles. The minimum atomic E-state index is -0.147. The number of aliphatic hydroxyl groups is 1. The van der Waals surface area contributed by atoms with Crippen LogP contribution in [0.4, 0.5) is 5.69 Å². The third kappa shape index (κ3) is 3.85. The lowest BCUT2D eigenvalue weighted by Gasteiger charge is -2.12. The number of nitrogens with zero attached hydrogens (tertiary/aromatic N) is 2. The third-order valence-electron chi connectivity index (χ3n) is 3.70. The Morgan fingerprint density at radius 3 is 2.50 bits per heavy atom. The molecule has 1 aliphatic rings. The summed E-state index contributed by atoms with van der Waals surface area (Å²) in [5.41, 5.74) is 9.52. The van der Waals surface area contributed by atoms with Crippen molar-refractivity contribution in [3.63, 3.8) is 0 Å². The van der Waals surface area contributed by atoms with E-state index in [2.05, 4.69) is 21.1 Å². The van der Waals surface area contributed by atoms with Crippen LogP contribution in [0.2, 0.25) is 0 Å². The van der Waals surface area contributed by atoms with Gasteiger partial charge in [-0.2, -0.15) is 10.2 Å². The Morgan fingerprint density at radius 1 is 1.12 bits per heavy atom. The number of amides is 1. The fourth-order valence-electron chi connectivity index (χ4n) is 2.37. The van der Waals surface area contributed by atoms with Crippen molar-refractivity contribution in [1.29, 1.82) is 0 Å². The summed E-state index contributed by atoms with van der Waals surface area (Å²) in [5, 5.41) is 17.8. The van der Waals surface area contributed by atoms with Crippen LogP contribution in [-0.4, -0.2) is 29.0 Å². The van der Waals surface area contributed by atoms with E-state index in [1.54, 1.807) is 0 Å². The molecule has 122 valence electrons. The second-order valence-corrected chi connectivity index (χ2v) is 5.37. The van der Waals surface area contributed by atoms with Gasteiger partial charge in [-0.05, 0) is 17.7 Å². The Labute approximate surface area is 139 Å². The highest BCUT2D eigenvalue weighted by atomic mass is 16.3.